The summed E-state index contributed by atoms with van der Waals surface area (Å²) in [6, 6.07) is 0. The summed E-state index contributed by atoms with van der Waals surface area (Å²) < 4.78 is 0. The van der Waals surface area contributed by atoms with Crippen molar-refractivity contribution in [1.82, 2.24) is 4.90 Å². The predicted molar refractivity (Wildman–Crippen MR) is 62.3 cm³/mol. The molecule has 0 unspecified atom stereocenters. The number of hydrogen-bond acceptors (Lipinski definition) is 2. The molecule has 2 fully saturated rings. The van der Waals surface area contributed by atoms with Crippen molar-refractivity contribution < 1.29 is 0 Å². The van der Waals surface area contributed by atoms with Crippen molar-refractivity contribution >= 4 is 0 Å². The first-order valence-corrected chi connectivity index (χ1v) is 6.01. The lowest BCUT2D eigenvalue weighted by atomic mass is 9.93. The van der Waals surface area contributed by atoms with Crippen LogP contribution in [0.15, 0.2) is 0 Å². The van der Waals surface area contributed by atoms with E-state index in [-0.39, 0.29) is 5.54 Å². The van der Waals surface area contributed by atoms with Crippen LogP contribution < -0.4 is 5.73 Å². The molecule has 0 aromatic rings. The molecule has 0 aromatic carbocycles. The highest BCUT2D eigenvalue weighted by atomic mass is 15.2. The fourth-order valence-electron chi connectivity index (χ4n) is 2.12. The van der Waals surface area contributed by atoms with Gasteiger partial charge in [-0.25, -0.2) is 0 Å². The molecule has 0 spiro atoms. The molecule has 1 aliphatic carbocycles. The van der Waals surface area contributed by atoms with Gasteiger partial charge in [-0.2, -0.15) is 0 Å². The standard InChI is InChI=1S/C10H20N2.C2H6/c1-9(2)5-6-12(7-9)8-10(11)3-4-10;1-2/h3-8,11H2,1-2H3;1-2H3. The Balaban J connectivity index is 0.000000461. The molecule has 2 rings (SSSR count). The highest BCUT2D eigenvalue weighted by Gasteiger charge is 2.42. The maximum atomic E-state index is 6.07. The van der Waals surface area contributed by atoms with Gasteiger partial charge < -0.3 is 10.6 Å². The molecule has 2 N–H and O–H groups in total. The maximum absolute atomic E-state index is 6.07. The van der Waals surface area contributed by atoms with Crippen LogP contribution in [0.2, 0.25) is 0 Å². The van der Waals surface area contributed by atoms with Gasteiger partial charge in [0.1, 0.15) is 0 Å². The van der Waals surface area contributed by atoms with Crippen LogP contribution in [0.5, 0.6) is 0 Å². The van der Waals surface area contributed by atoms with Gasteiger partial charge in [-0.1, -0.05) is 27.7 Å². The minimum absolute atomic E-state index is 0.209. The van der Waals surface area contributed by atoms with Crippen molar-refractivity contribution in [2.24, 2.45) is 11.1 Å². The molecule has 0 aromatic heterocycles. The second kappa shape index (κ2) is 4.19. The van der Waals surface area contributed by atoms with Crippen LogP contribution in [0.25, 0.3) is 0 Å². The van der Waals surface area contributed by atoms with Crippen molar-refractivity contribution in [2.75, 3.05) is 19.6 Å². The topological polar surface area (TPSA) is 29.3 Å². The first-order chi connectivity index (χ1) is 6.49. The molecule has 0 radical (unpaired) electrons. The van der Waals surface area contributed by atoms with Gasteiger partial charge in [-0.15, -0.1) is 0 Å². The fourth-order valence-corrected chi connectivity index (χ4v) is 2.12. The van der Waals surface area contributed by atoms with E-state index in [4.69, 9.17) is 5.73 Å². The molecule has 1 saturated carbocycles. The Morgan fingerprint density at radius 1 is 1.14 bits per heavy atom. The second-order valence-electron chi connectivity index (χ2n) is 5.49. The average molecular weight is 198 g/mol. The molecule has 14 heavy (non-hydrogen) atoms. The molecule has 0 atom stereocenters. The van der Waals surface area contributed by atoms with Crippen molar-refractivity contribution in [3.63, 3.8) is 0 Å². The van der Waals surface area contributed by atoms with E-state index in [2.05, 4.69) is 18.7 Å². The second-order valence-corrected chi connectivity index (χ2v) is 5.49. The lowest BCUT2D eigenvalue weighted by Crippen LogP contribution is -2.38. The third-order valence-corrected chi connectivity index (χ3v) is 3.19. The van der Waals surface area contributed by atoms with Gasteiger partial charge in [-0.05, 0) is 31.2 Å². The Morgan fingerprint density at radius 2 is 1.71 bits per heavy atom. The quantitative estimate of drug-likeness (QED) is 0.737. The number of rotatable bonds is 2. The molecule has 2 heteroatoms. The molecule has 1 heterocycles. The van der Waals surface area contributed by atoms with E-state index < -0.39 is 0 Å². The van der Waals surface area contributed by atoms with Gasteiger partial charge in [0.2, 0.25) is 0 Å². The third-order valence-electron chi connectivity index (χ3n) is 3.19. The van der Waals surface area contributed by atoms with Crippen molar-refractivity contribution in [3.05, 3.63) is 0 Å². The monoisotopic (exact) mass is 198 g/mol. The minimum atomic E-state index is 0.209. The molecule has 0 bridgehead atoms. The minimum Gasteiger partial charge on any atom is -0.324 e. The molecule has 1 saturated heterocycles. The summed E-state index contributed by atoms with van der Waals surface area (Å²) in [5.74, 6) is 0. The highest BCUT2D eigenvalue weighted by molar-refractivity contribution is 5.02. The molecule has 2 nitrogen and oxygen atoms in total. The van der Waals surface area contributed by atoms with Gasteiger partial charge in [-0.3, -0.25) is 0 Å². The average Bonchev–Trinajstić information content (AvgIpc) is 2.73. The van der Waals surface area contributed by atoms with Gasteiger partial charge in [0.15, 0.2) is 0 Å². The van der Waals surface area contributed by atoms with E-state index in [0.717, 1.165) is 6.54 Å². The maximum Gasteiger partial charge on any atom is 0.0284 e. The van der Waals surface area contributed by atoms with E-state index in [1.165, 1.54) is 32.4 Å². The van der Waals surface area contributed by atoms with Crippen LogP contribution in [0.4, 0.5) is 0 Å². The summed E-state index contributed by atoms with van der Waals surface area (Å²) in [6.07, 6.45) is 3.82. The Bertz CT molecular complexity index is 183. The summed E-state index contributed by atoms with van der Waals surface area (Å²) in [6.45, 7) is 12.3. The Kier molecular flexibility index (Phi) is 3.59. The Morgan fingerprint density at radius 3 is 2.07 bits per heavy atom. The normalized spacial score (nSPS) is 28.1. The zero-order valence-electron chi connectivity index (χ0n) is 10.3. The summed E-state index contributed by atoms with van der Waals surface area (Å²) in [5.41, 5.74) is 6.82. The van der Waals surface area contributed by atoms with E-state index in [1.54, 1.807) is 0 Å². The smallest absolute Gasteiger partial charge is 0.0284 e. The van der Waals surface area contributed by atoms with Crippen molar-refractivity contribution in [2.45, 2.75) is 52.5 Å². The van der Waals surface area contributed by atoms with E-state index in [0.29, 0.717) is 5.41 Å². The molecule has 2 aliphatic rings. The SMILES string of the molecule is CC.CC1(C)CCN(CC2(N)CC2)C1. The summed E-state index contributed by atoms with van der Waals surface area (Å²) in [5, 5.41) is 0. The molecular formula is C12H26N2. The number of nitrogens with zero attached hydrogens (tertiary/aromatic N) is 1. The summed E-state index contributed by atoms with van der Waals surface area (Å²) in [7, 11) is 0. The van der Waals surface area contributed by atoms with Crippen LogP contribution in [-0.4, -0.2) is 30.1 Å². The fraction of sp³-hybridized carbons (Fsp3) is 1.00. The summed E-state index contributed by atoms with van der Waals surface area (Å²) in [4.78, 5) is 2.53. The largest absolute Gasteiger partial charge is 0.324 e. The van der Waals surface area contributed by atoms with E-state index in [9.17, 15) is 0 Å². The Hall–Kier alpha value is -0.0800. The van der Waals surface area contributed by atoms with Crippen molar-refractivity contribution in [3.8, 4) is 0 Å². The summed E-state index contributed by atoms with van der Waals surface area (Å²) >= 11 is 0. The molecule has 0 amide bonds. The predicted octanol–water partition coefficient (Wildman–Crippen LogP) is 2.24. The van der Waals surface area contributed by atoms with Gasteiger partial charge in [0.05, 0.1) is 0 Å². The Labute approximate surface area is 88.8 Å². The number of nitrogens with two attached hydrogens (primary N) is 1. The van der Waals surface area contributed by atoms with Crippen LogP contribution in [0.3, 0.4) is 0 Å². The van der Waals surface area contributed by atoms with Crippen LogP contribution >= 0.6 is 0 Å². The number of hydrogen-bond donors (Lipinski definition) is 1. The highest BCUT2D eigenvalue weighted by Crippen LogP contribution is 2.36. The van der Waals surface area contributed by atoms with Crippen LogP contribution in [0.1, 0.15) is 47.0 Å². The zero-order chi connectivity index (χ0) is 10.8. The van der Waals surface area contributed by atoms with E-state index >= 15 is 0 Å². The number of likely N-dealkylation sites (tertiary alicyclic amines) is 1. The lowest BCUT2D eigenvalue weighted by Gasteiger charge is -2.22. The zero-order valence-corrected chi connectivity index (χ0v) is 10.3. The molecule has 1 aliphatic heterocycles. The van der Waals surface area contributed by atoms with Gasteiger partial charge in [0.25, 0.3) is 0 Å². The van der Waals surface area contributed by atoms with Crippen LogP contribution in [-0.2, 0) is 0 Å². The first kappa shape index (κ1) is 12.0. The van der Waals surface area contributed by atoms with E-state index in [1.807, 2.05) is 13.8 Å². The first-order valence-electron chi connectivity index (χ1n) is 6.01. The molecular weight excluding hydrogens is 172 g/mol. The third kappa shape index (κ3) is 3.25. The van der Waals surface area contributed by atoms with Crippen LogP contribution in [0, 0.1) is 5.41 Å². The van der Waals surface area contributed by atoms with Gasteiger partial charge in [0, 0.05) is 18.6 Å². The van der Waals surface area contributed by atoms with Gasteiger partial charge >= 0.3 is 0 Å². The molecule has 84 valence electrons. The van der Waals surface area contributed by atoms with Crippen molar-refractivity contribution in [1.29, 1.82) is 0 Å². The lowest BCUT2D eigenvalue weighted by molar-refractivity contribution is 0.269.